The topological polar surface area (TPSA) is 94.0 Å². The van der Waals surface area contributed by atoms with E-state index in [-0.39, 0.29) is 11.9 Å². The average Bonchev–Trinajstić information content (AvgIpc) is 2.78. The number of aromatic nitrogens is 1. The van der Waals surface area contributed by atoms with E-state index in [1.165, 1.54) is 11.3 Å². The van der Waals surface area contributed by atoms with E-state index in [2.05, 4.69) is 24.1 Å². The summed E-state index contributed by atoms with van der Waals surface area (Å²) in [5, 5.41) is 3.81. The van der Waals surface area contributed by atoms with E-state index in [0.29, 0.717) is 23.9 Å². The highest BCUT2D eigenvalue weighted by Gasteiger charge is 2.21. The number of nitrogens with two attached hydrogens (primary N) is 2. The summed E-state index contributed by atoms with van der Waals surface area (Å²) < 4.78 is 0. The normalized spacial score (nSPS) is 12.7. The van der Waals surface area contributed by atoms with Crippen LogP contribution in [-0.4, -0.2) is 24.0 Å². The van der Waals surface area contributed by atoms with Gasteiger partial charge < -0.3 is 16.8 Å². The fraction of sp³-hybridized carbons (Fsp3) is 0.714. The average molecular weight is 298 g/mol. The molecule has 0 saturated heterocycles. The predicted molar refractivity (Wildman–Crippen MR) is 83.9 cm³/mol. The molecule has 1 amide bonds. The van der Waals surface area contributed by atoms with Crippen molar-refractivity contribution >= 4 is 17.2 Å². The Kier molecular flexibility index (Phi) is 7.12. The molecule has 1 aromatic heterocycles. The highest BCUT2D eigenvalue weighted by Crippen LogP contribution is 2.25. The number of nitrogens with zero attached hydrogens (tertiary/aromatic N) is 1. The van der Waals surface area contributed by atoms with Crippen molar-refractivity contribution in [2.24, 2.45) is 17.4 Å². The monoisotopic (exact) mass is 298 g/mol. The highest BCUT2D eigenvalue weighted by atomic mass is 32.1. The van der Waals surface area contributed by atoms with E-state index in [9.17, 15) is 4.79 Å². The first kappa shape index (κ1) is 17.1. The van der Waals surface area contributed by atoms with Gasteiger partial charge in [-0.15, -0.1) is 11.3 Å². The molecule has 1 heterocycles. The van der Waals surface area contributed by atoms with E-state index < -0.39 is 0 Å². The standard InChI is InChI=1S/C14H26N4OS/c1-9(2)8-17-14(19)13-12(18-10(3)20-13)11(16)6-4-5-7-15/h9,11H,4-8,15-16H2,1-3H3,(H,17,19)/t11-/m0/s1. The number of thiazole rings is 1. The third kappa shape index (κ3) is 5.19. The molecule has 1 aromatic rings. The van der Waals surface area contributed by atoms with Crippen LogP contribution in [0.3, 0.4) is 0 Å². The number of hydrogen-bond acceptors (Lipinski definition) is 5. The maximum absolute atomic E-state index is 12.2. The number of aryl methyl sites for hydroxylation is 1. The maximum Gasteiger partial charge on any atom is 0.263 e. The van der Waals surface area contributed by atoms with E-state index in [0.717, 1.165) is 30.0 Å². The quantitative estimate of drug-likeness (QED) is 0.639. The zero-order chi connectivity index (χ0) is 15.1. The molecule has 0 aromatic carbocycles. The van der Waals surface area contributed by atoms with Crippen molar-refractivity contribution in [2.45, 2.75) is 46.1 Å². The van der Waals surface area contributed by atoms with E-state index in [1.54, 1.807) is 0 Å². The van der Waals surface area contributed by atoms with Crippen LogP contribution >= 0.6 is 11.3 Å². The number of nitrogens with one attached hydrogen (secondary N) is 1. The van der Waals surface area contributed by atoms with Crippen LogP contribution < -0.4 is 16.8 Å². The molecule has 1 atom stereocenters. The van der Waals surface area contributed by atoms with Crippen LogP contribution in [0, 0.1) is 12.8 Å². The summed E-state index contributed by atoms with van der Waals surface area (Å²) in [6, 6.07) is -0.189. The molecule has 0 saturated carbocycles. The van der Waals surface area contributed by atoms with Crippen LogP contribution in [0.15, 0.2) is 0 Å². The second-order valence-electron chi connectivity index (χ2n) is 5.44. The molecule has 0 spiro atoms. The van der Waals surface area contributed by atoms with Gasteiger partial charge in [0.15, 0.2) is 0 Å². The summed E-state index contributed by atoms with van der Waals surface area (Å²) in [6.45, 7) is 7.37. The lowest BCUT2D eigenvalue weighted by Gasteiger charge is -2.12. The Morgan fingerprint density at radius 3 is 2.70 bits per heavy atom. The van der Waals surface area contributed by atoms with Gasteiger partial charge in [-0.05, 0) is 32.2 Å². The van der Waals surface area contributed by atoms with E-state index in [1.807, 2.05) is 6.92 Å². The van der Waals surface area contributed by atoms with Gasteiger partial charge >= 0.3 is 0 Å². The number of carbonyl (C=O) groups excluding carboxylic acids is 1. The molecule has 0 fully saturated rings. The minimum Gasteiger partial charge on any atom is -0.351 e. The van der Waals surface area contributed by atoms with E-state index >= 15 is 0 Å². The molecule has 0 unspecified atom stereocenters. The lowest BCUT2D eigenvalue weighted by atomic mass is 10.1. The molecule has 5 nitrogen and oxygen atoms in total. The minimum absolute atomic E-state index is 0.0615. The van der Waals surface area contributed by atoms with Crippen molar-refractivity contribution in [1.82, 2.24) is 10.3 Å². The van der Waals surface area contributed by atoms with Crippen molar-refractivity contribution in [3.63, 3.8) is 0 Å². The largest absolute Gasteiger partial charge is 0.351 e. The SMILES string of the molecule is Cc1nc([C@@H](N)CCCCN)c(C(=O)NCC(C)C)s1. The molecule has 0 aliphatic carbocycles. The Labute approximate surface area is 125 Å². The zero-order valence-corrected chi connectivity index (χ0v) is 13.4. The van der Waals surface area contributed by atoms with Gasteiger partial charge in [0, 0.05) is 12.6 Å². The van der Waals surface area contributed by atoms with Gasteiger partial charge in [0.25, 0.3) is 5.91 Å². The van der Waals surface area contributed by atoms with Gasteiger partial charge in [-0.1, -0.05) is 20.3 Å². The Balaban J connectivity index is 2.73. The number of hydrogen-bond donors (Lipinski definition) is 3. The zero-order valence-electron chi connectivity index (χ0n) is 12.6. The lowest BCUT2D eigenvalue weighted by Crippen LogP contribution is -2.28. The molecule has 0 aliphatic heterocycles. The van der Waals surface area contributed by atoms with Crippen LogP contribution in [-0.2, 0) is 0 Å². The highest BCUT2D eigenvalue weighted by molar-refractivity contribution is 7.13. The Morgan fingerprint density at radius 1 is 1.40 bits per heavy atom. The van der Waals surface area contributed by atoms with Gasteiger partial charge in [-0.2, -0.15) is 0 Å². The molecule has 6 heteroatoms. The molecule has 0 radical (unpaired) electrons. The van der Waals surface area contributed by atoms with Gasteiger partial charge in [0.05, 0.1) is 10.7 Å². The predicted octanol–water partition coefficient (Wildman–Crippen LogP) is 1.97. The van der Waals surface area contributed by atoms with Crippen LogP contribution in [0.1, 0.15) is 59.5 Å². The molecule has 0 aliphatic rings. The summed E-state index contributed by atoms with van der Waals surface area (Å²) in [4.78, 5) is 17.3. The van der Waals surface area contributed by atoms with Crippen molar-refractivity contribution in [1.29, 1.82) is 0 Å². The second-order valence-corrected chi connectivity index (χ2v) is 6.65. The summed E-state index contributed by atoms with van der Waals surface area (Å²) >= 11 is 1.41. The van der Waals surface area contributed by atoms with Gasteiger partial charge in [-0.25, -0.2) is 4.98 Å². The summed E-state index contributed by atoms with van der Waals surface area (Å²) in [7, 11) is 0. The van der Waals surface area contributed by atoms with Crippen LogP contribution in [0.2, 0.25) is 0 Å². The van der Waals surface area contributed by atoms with Crippen LogP contribution in [0.25, 0.3) is 0 Å². The summed E-state index contributed by atoms with van der Waals surface area (Å²) in [6.07, 6.45) is 2.72. The summed E-state index contributed by atoms with van der Waals surface area (Å²) in [5.74, 6) is 0.364. The number of unbranched alkanes of at least 4 members (excludes halogenated alkanes) is 1. The van der Waals surface area contributed by atoms with Crippen molar-refractivity contribution in [3.05, 3.63) is 15.6 Å². The molecular formula is C14H26N4OS. The Bertz CT molecular complexity index is 431. The van der Waals surface area contributed by atoms with Crippen molar-refractivity contribution in [3.8, 4) is 0 Å². The smallest absolute Gasteiger partial charge is 0.263 e. The van der Waals surface area contributed by atoms with Crippen molar-refractivity contribution in [2.75, 3.05) is 13.1 Å². The van der Waals surface area contributed by atoms with Crippen LogP contribution in [0.4, 0.5) is 0 Å². The lowest BCUT2D eigenvalue weighted by molar-refractivity contribution is 0.0951. The molecule has 0 bridgehead atoms. The van der Waals surface area contributed by atoms with Gasteiger partial charge in [-0.3, -0.25) is 4.79 Å². The first-order valence-corrected chi connectivity index (χ1v) is 7.98. The minimum atomic E-state index is -0.189. The Morgan fingerprint density at radius 2 is 2.10 bits per heavy atom. The number of amides is 1. The third-order valence-electron chi connectivity index (χ3n) is 2.96. The molecule has 114 valence electrons. The molecule has 20 heavy (non-hydrogen) atoms. The Hall–Kier alpha value is -0.980. The second kappa shape index (κ2) is 8.34. The van der Waals surface area contributed by atoms with Crippen LogP contribution in [0.5, 0.6) is 0 Å². The number of rotatable bonds is 8. The molecule has 5 N–H and O–H groups in total. The maximum atomic E-state index is 12.2. The number of carbonyl (C=O) groups is 1. The van der Waals surface area contributed by atoms with Gasteiger partial charge in [0.2, 0.25) is 0 Å². The first-order chi connectivity index (χ1) is 9.45. The summed E-state index contributed by atoms with van der Waals surface area (Å²) in [5.41, 5.74) is 12.4. The first-order valence-electron chi connectivity index (χ1n) is 7.16. The third-order valence-corrected chi connectivity index (χ3v) is 3.94. The van der Waals surface area contributed by atoms with Crippen molar-refractivity contribution < 1.29 is 4.79 Å². The fourth-order valence-corrected chi connectivity index (χ4v) is 2.79. The molecule has 1 rings (SSSR count). The fourth-order valence-electron chi connectivity index (χ4n) is 1.88. The molecular weight excluding hydrogens is 272 g/mol. The van der Waals surface area contributed by atoms with E-state index in [4.69, 9.17) is 11.5 Å². The van der Waals surface area contributed by atoms with Gasteiger partial charge in [0.1, 0.15) is 4.88 Å².